The lowest BCUT2D eigenvalue weighted by molar-refractivity contribution is -0.903. The van der Waals surface area contributed by atoms with E-state index in [2.05, 4.69) is 52.2 Å². The summed E-state index contributed by atoms with van der Waals surface area (Å²) in [5.74, 6) is 0. The van der Waals surface area contributed by atoms with Crippen LogP contribution in [-0.2, 0) is 13.0 Å². The summed E-state index contributed by atoms with van der Waals surface area (Å²) in [6, 6.07) is 9.21. The smallest absolute Gasteiger partial charge is 0.104 e. The number of unbranched alkanes of at least 4 members (excludes halogenated alkanes) is 9. The highest BCUT2D eigenvalue weighted by Crippen LogP contribution is 2.15. The fourth-order valence-electron chi connectivity index (χ4n) is 3.48. The molecule has 0 saturated carbocycles. The molecule has 24 heavy (non-hydrogen) atoms. The summed E-state index contributed by atoms with van der Waals surface area (Å²) in [6.45, 7) is 6.97. The predicted octanol–water partition coefficient (Wildman–Crippen LogP) is 6.75. The molecule has 138 valence electrons. The molecule has 0 heterocycles. The maximum atomic E-state index is 2.38. The average Bonchev–Trinajstić information content (AvgIpc) is 2.57. The Balaban J connectivity index is 2.08. The van der Waals surface area contributed by atoms with E-state index in [0.717, 1.165) is 17.4 Å². The highest BCUT2D eigenvalue weighted by atomic mass is 15.3. The second kappa shape index (κ2) is 12.5. The first-order valence-electron chi connectivity index (χ1n) is 10.5. The van der Waals surface area contributed by atoms with Crippen LogP contribution in [0.1, 0.15) is 89.2 Å². The first-order valence-corrected chi connectivity index (χ1v) is 10.5. The van der Waals surface area contributed by atoms with E-state index < -0.39 is 0 Å². The molecule has 1 rings (SSSR count). The minimum Gasteiger partial charge on any atom is -0.325 e. The fraction of sp³-hybridized carbons (Fsp3) is 0.739. The van der Waals surface area contributed by atoms with Crippen LogP contribution >= 0.6 is 0 Å². The molecular weight excluding hydrogens is 290 g/mol. The topological polar surface area (TPSA) is 0 Å². The molecule has 0 aliphatic rings. The quantitative estimate of drug-likeness (QED) is 0.261. The van der Waals surface area contributed by atoms with E-state index in [4.69, 9.17) is 0 Å². The molecule has 1 aromatic rings. The van der Waals surface area contributed by atoms with Gasteiger partial charge in [-0.05, 0) is 24.8 Å². The van der Waals surface area contributed by atoms with Gasteiger partial charge in [0.05, 0.1) is 20.6 Å². The Morgan fingerprint density at radius 1 is 0.625 bits per heavy atom. The third-order valence-corrected chi connectivity index (χ3v) is 5.16. The summed E-state index contributed by atoms with van der Waals surface area (Å²) in [4.78, 5) is 0. The van der Waals surface area contributed by atoms with Crippen molar-refractivity contribution in [2.45, 2.75) is 91.0 Å². The van der Waals surface area contributed by atoms with Crippen LogP contribution in [0.25, 0.3) is 0 Å². The largest absolute Gasteiger partial charge is 0.325 e. The Hall–Kier alpha value is -0.820. The minimum atomic E-state index is 1.11. The molecule has 0 saturated heterocycles. The van der Waals surface area contributed by atoms with Crippen LogP contribution < -0.4 is 0 Å². The first kappa shape index (κ1) is 21.2. The standard InChI is InChI=1S/C23H42N/c1-5-7-8-9-10-11-12-13-14-15-20-24(3,4)21-23-18-16-22(6-2)17-19-23/h16-19H,5-15,20-21H2,1-4H3/q+1. The van der Waals surface area contributed by atoms with Crippen LogP contribution in [0.3, 0.4) is 0 Å². The van der Waals surface area contributed by atoms with Crippen LogP contribution in [-0.4, -0.2) is 25.1 Å². The summed E-state index contributed by atoms with van der Waals surface area (Å²) in [5.41, 5.74) is 2.92. The lowest BCUT2D eigenvalue weighted by Crippen LogP contribution is -2.39. The lowest BCUT2D eigenvalue weighted by atomic mass is 10.1. The van der Waals surface area contributed by atoms with Crippen molar-refractivity contribution in [3.05, 3.63) is 35.4 Å². The average molecular weight is 333 g/mol. The van der Waals surface area contributed by atoms with Gasteiger partial charge in [0.15, 0.2) is 0 Å². The monoisotopic (exact) mass is 332 g/mol. The zero-order valence-electron chi connectivity index (χ0n) is 16.9. The van der Waals surface area contributed by atoms with Crippen LogP contribution in [0.4, 0.5) is 0 Å². The second-order valence-corrected chi connectivity index (χ2v) is 8.17. The van der Waals surface area contributed by atoms with Gasteiger partial charge in [-0.15, -0.1) is 0 Å². The number of hydrogen-bond donors (Lipinski definition) is 0. The molecule has 0 aliphatic carbocycles. The van der Waals surface area contributed by atoms with Crippen molar-refractivity contribution in [3.8, 4) is 0 Å². The normalized spacial score (nSPS) is 11.8. The Morgan fingerprint density at radius 2 is 1.08 bits per heavy atom. The molecule has 0 bridgehead atoms. The van der Waals surface area contributed by atoms with E-state index in [1.54, 1.807) is 0 Å². The molecule has 0 radical (unpaired) electrons. The van der Waals surface area contributed by atoms with Crippen molar-refractivity contribution >= 4 is 0 Å². The van der Waals surface area contributed by atoms with E-state index in [1.165, 1.54) is 81.9 Å². The highest BCUT2D eigenvalue weighted by Gasteiger charge is 2.15. The molecule has 1 heteroatoms. The van der Waals surface area contributed by atoms with E-state index in [1.807, 2.05) is 0 Å². The fourth-order valence-corrected chi connectivity index (χ4v) is 3.48. The molecule has 0 spiro atoms. The number of quaternary nitrogens is 1. The van der Waals surface area contributed by atoms with E-state index >= 15 is 0 Å². The number of benzene rings is 1. The van der Waals surface area contributed by atoms with Crippen molar-refractivity contribution in [2.24, 2.45) is 0 Å². The lowest BCUT2D eigenvalue weighted by Gasteiger charge is -2.30. The molecule has 1 nitrogen and oxygen atoms in total. The molecular formula is C23H42N+. The van der Waals surface area contributed by atoms with Crippen molar-refractivity contribution in [1.82, 2.24) is 0 Å². The summed E-state index contributed by atoms with van der Waals surface area (Å²) in [7, 11) is 4.75. The van der Waals surface area contributed by atoms with Gasteiger partial charge in [-0.3, -0.25) is 0 Å². The van der Waals surface area contributed by atoms with Gasteiger partial charge in [-0.2, -0.15) is 0 Å². The number of nitrogens with zero attached hydrogens (tertiary/aromatic N) is 1. The van der Waals surface area contributed by atoms with Gasteiger partial charge in [-0.1, -0.05) is 89.5 Å². The Kier molecular flexibility index (Phi) is 11.1. The highest BCUT2D eigenvalue weighted by molar-refractivity contribution is 5.21. The third kappa shape index (κ3) is 10.1. The first-order chi connectivity index (χ1) is 11.6. The van der Waals surface area contributed by atoms with Crippen molar-refractivity contribution in [2.75, 3.05) is 20.6 Å². The van der Waals surface area contributed by atoms with Crippen molar-refractivity contribution in [1.29, 1.82) is 0 Å². The summed E-state index contributed by atoms with van der Waals surface area (Å²) >= 11 is 0. The summed E-state index contributed by atoms with van der Waals surface area (Å²) in [5, 5.41) is 0. The molecule has 0 unspecified atom stereocenters. The Morgan fingerprint density at radius 3 is 1.58 bits per heavy atom. The van der Waals surface area contributed by atoms with Crippen LogP contribution in [0, 0.1) is 0 Å². The Labute approximate surface area is 152 Å². The third-order valence-electron chi connectivity index (χ3n) is 5.16. The molecule has 0 N–H and O–H groups in total. The van der Waals surface area contributed by atoms with Crippen LogP contribution in [0.15, 0.2) is 24.3 Å². The molecule has 0 atom stereocenters. The summed E-state index contributed by atoms with van der Waals surface area (Å²) < 4.78 is 1.11. The van der Waals surface area contributed by atoms with Gasteiger partial charge < -0.3 is 4.48 Å². The van der Waals surface area contributed by atoms with Gasteiger partial charge in [0.2, 0.25) is 0 Å². The molecule has 0 aliphatic heterocycles. The summed E-state index contributed by atoms with van der Waals surface area (Å²) in [6.07, 6.45) is 15.4. The van der Waals surface area contributed by atoms with Gasteiger partial charge in [0.1, 0.15) is 6.54 Å². The number of aryl methyl sites for hydroxylation is 1. The molecule has 0 fully saturated rings. The minimum absolute atomic E-state index is 1.11. The number of rotatable bonds is 14. The van der Waals surface area contributed by atoms with Gasteiger partial charge in [0.25, 0.3) is 0 Å². The predicted molar refractivity (Wildman–Crippen MR) is 108 cm³/mol. The second-order valence-electron chi connectivity index (χ2n) is 8.17. The van der Waals surface area contributed by atoms with Gasteiger partial charge in [0, 0.05) is 5.56 Å². The maximum absolute atomic E-state index is 2.38. The number of hydrogen-bond acceptors (Lipinski definition) is 0. The SMILES string of the molecule is CCCCCCCCCCCC[N+](C)(C)Cc1ccc(CC)cc1. The zero-order valence-corrected chi connectivity index (χ0v) is 16.9. The van der Waals surface area contributed by atoms with E-state index in [9.17, 15) is 0 Å². The Bertz CT molecular complexity index is 405. The maximum Gasteiger partial charge on any atom is 0.104 e. The molecule has 1 aromatic carbocycles. The van der Waals surface area contributed by atoms with Crippen LogP contribution in [0.5, 0.6) is 0 Å². The van der Waals surface area contributed by atoms with E-state index in [-0.39, 0.29) is 0 Å². The van der Waals surface area contributed by atoms with Crippen LogP contribution in [0.2, 0.25) is 0 Å². The molecule has 0 aromatic heterocycles. The van der Waals surface area contributed by atoms with Crippen molar-refractivity contribution in [3.63, 3.8) is 0 Å². The van der Waals surface area contributed by atoms with E-state index in [0.29, 0.717) is 0 Å². The van der Waals surface area contributed by atoms with Gasteiger partial charge >= 0.3 is 0 Å². The van der Waals surface area contributed by atoms with Gasteiger partial charge in [-0.25, -0.2) is 0 Å². The zero-order chi connectivity index (χ0) is 17.7. The van der Waals surface area contributed by atoms with Crippen molar-refractivity contribution < 1.29 is 4.48 Å². The molecule has 0 amide bonds.